The van der Waals surface area contributed by atoms with Crippen LogP contribution in [-0.4, -0.2) is 30.9 Å². The molecule has 0 fully saturated rings. The molecule has 0 N–H and O–H groups in total. The third kappa shape index (κ3) is 11.6. The average Bonchev–Trinajstić information content (AvgIpc) is 0.687. The molecule has 3 nitrogen and oxygen atoms in total. The molecule has 7 heteroatoms. The molecule has 21 rings (SSSR count). The SMILES string of the molecule is CC1(C)c2ccccc2N(c2cccc(-c3cc4c5c(c3)N(c3ccc([Si](c6ccccc6)(c6ccccc6)c6ccccc6)cc3)c3cc(-c6ccccc6)ccc3B5c3cc([Si](c5ccccc5)(c5ccccc5)c5ccccc5)ccc3N4c3ccc([Si](c4ccccc4)(c4ccccc4)c4ccccc4)cc3)c2)c2ccccc21. The van der Waals surface area contributed by atoms with Crippen LogP contribution in [-0.2, 0) is 5.41 Å². The van der Waals surface area contributed by atoms with Gasteiger partial charge in [-0.2, -0.15) is 0 Å². The molecule has 0 atom stereocenters. The van der Waals surface area contributed by atoms with Crippen molar-refractivity contribution in [2.24, 2.45) is 0 Å². The van der Waals surface area contributed by atoms with Crippen molar-refractivity contribution in [1.29, 1.82) is 0 Å². The molecule has 558 valence electrons. The highest BCUT2D eigenvalue weighted by Gasteiger charge is 2.49. The van der Waals surface area contributed by atoms with Crippen LogP contribution < -0.4 is 93.3 Å². The molecule has 3 heterocycles. The Morgan fingerprint density at radius 1 is 0.186 bits per heavy atom. The number of para-hydroxylation sites is 2. The second-order valence-corrected chi connectivity index (χ2v) is 43.6. The minimum atomic E-state index is -3.17. The zero-order chi connectivity index (χ0) is 78.8. The van der Waals surface area contributed by atoms with E-state index in [9.17, 15) is 0 Å². The van der Waals surface area contributed by atoms with Crippen molar-refractivity contribution in [1.82, 2.24) is 0 Å². The third-order valence-corrected chi connectivity index (χ3v) is 40.0. The highest BCUT2D eigenvalue weighted by Crippen LogP contribution is 2.53. The summed E-state index contributed by atoms with van der Waals surface area (Å²) in [6, 6.07) is 181. The molecule has 0 saturated carbocycles. The second kappa shape index (κ2) is 29.7. The molecule has 0 bridgehead atoms. The van der Waals surface area contributed by atoms with Gasteiger partial charge in [0.15, 0.2) is 24.2 Å². The first kappa shape index (κ1) is 71.8. The summed E-state index contributed by atoms with van der Waals surface area (Å²) in [5.41, 5.74) is 20.8. The first-order valence-corrected chi connectivity index (χ1v) is 47.2. The minimum absolute atomic E-state index is 0.229. The lowest BCUT2D eigenvalue weighted by atomic mass is 9.33. The van der Waals surface area contributed by atoms with Crippen molar-refractivity contribution < 1.29 is 0 Å². The van der Waals surface area contributed by atoms with Gasteiger partial charge < -0.3 is 14.7 Å². The molecule has 0 unspecified atom stereocenters. The van der Waals surface area contributed by atoms with Crippen molar-refractivity contribution >= 4 is 161 Å². The maximum absolute atomic E-state index is 3.17. The van der Waals surface area contributed by atoms with E-state index in [-0.39, 0.29) is 12.1 Å². The molecule has 0 aliphatic carbocycles. The Bertz CT molecular complexity index is 6350. The molecule has 118 heavy (non-hydrogen) atoms. The molecule has 0 saturated heterocycles. The molecular weight excluding hydrogens is 1470 g/mol. The number of anilines is 9. The van der Waals surface area contributed by atoms with E-state index in [0.29, 0.717) is 0 Å². The summed E-state index contributed by atoms with van der Waals surface area (Å²) in [5, 5.41) is 15.9. The van der Waals surface area contributed by atoms with E-state index < -0.39 is 24.2 Å². The van der Waals surface area contributed by atoms with E-state index in [1.165, 1.54) is 101 Å². The van der Waals surface area contributed by atoms with Crippen molar-refractivity contribution in [3.63, 3.8) is 0 Å². The van der Waals surface area contributed by atoms with Crippen molar-refractivity contribution in [2.45, 2.75) is 19.3 Å². The highest BCUT2D eigenvalue weighted by molar-refractivity contribution is 7.21. The lowest BCUT2D eigenvalue weighted by molar-refractivity contribution is 0.632. The van der Waals surface area contributed by atoms with E-state index >= 15 is 0 Å². The van der Waals surface area contributed by atoms with Gasteiger partial charge in [-0.15, -0.1) is 0 Å². The summed E-state index contributed by atoms with van der Waals surface area (Å²) in [6.45, 7) is 4.49. The maximum Gasteiger partial charge on any atom is 0.252 e. The van der Waals surface area contributed by atoms with Gasteiger partial charge in [0.2, 0.25) is 0 Å². The maximum atomic E-state index is 2.68. The molecule has 18 aromatic carbocycles. The normalized spacial score (nSPS) is 13.2. The lowest BCUT2D eigenvalue weighted by Crippen LogP contribution is -2.75. The van der Waals surface area contributed by atoms with Crippen molar-refractivity contribution in [3.05, 3.63) is 484 Å². The van der Waals surface area contributed by atoms with E-state index in [4.69, 9.17) is 0 Å². The molecular formula is C111H84BN3Si3. The van der Waals surface area contributed by atoms with Crippen molar-refractivity contribution in [3.8, 4) is 22.3 Å². The molecule has 3 aliphatic rings. The Hall–Kier alpha value is -13.9. The molecule has 0 aromatic heterocycles. The molecule has 0 spiro atoms. The van der Waals surface area contributed by atoms with Crippen LogP contribution in [0.1, 0.15) is 25.0 Å². The van der Waals surface area contributed by atoms with E-state index in [2.05, 4.69) is 502 Å². The van der Waals surface area contributed by atoms with Gasteiger partial charge in [-0.25, -0.2) is 0 Å². The van der Waals surface area contributed by atoms with E-state index in [1.54, 1.807) is 0 Å². The third-order valence-electron chi connectivity index (χ3n) is 25.7. The summed E-state index contributed by atoms with van der Waals surface area (Å²) >= 11 is 0. The first-order valence-electron chi connectivity index (χ1n) is 41.2. The van der Waals surface area contributed by atoms with E-state index in [1.807, 2.05) is 0 Å². The van der Waals surface area contributed by atoms with E-state index in [0.717, 1.165) is 62.1 Å². The molecule has 0 radical (unpaired) electrons. The van der Waals surface area contributed by atoms with Gasteiger partial charge >= 0.3 is 0 Å². The number of benzene rings is 18. The fraction of sp³-hybridized carbons (Fsp3) is 0.0270. The Balaban J connectivity index is 0.869. The number of rotatable bonds is 17. The quantitative estimate of drug-likeness (QED) is 0.0664. The number of hydrogen-bond acceptors (Lipinski definition) is 3. The first-order chi connectivity index (χ1) is 58.3. The molecule has 18 aromatic rings. The van der Waals surface area contributed by atoms with Crippen LogP contribution in [0.5, 0.6) is 0 Å². The Labute approximate surface area is 696 Å². The monoisotopic (exact) mass is 1550 g/mol. The van der Waals surface area contributed by atoms with Gasteiger partial charge in [0.1, 0.15) is 0 Å². The largest absolute Gasteiger partial charge is 0.311 e. The Morgan fingerprint density at radius 2 is 0.483 bits per heavy atom. The van der Waals surface area contributed by atoms with Crippen LogP contribution in [0.2, 0.25) is 0 Å². The standard InChI is InChI=1S/C111H84BN3Si3/c1-111(2)100-60-33-35-62-104(100)115(105-63-36-34-61-101(105)111)87-41-37-40-82(76-87)84-78-108-110-109(79-84)114(86-67-71-98(72-68-86)117(91-48-21-7-22-49-91,92-50-23-8-24-51-92)93-52-25-9-26-53-93)107-77-83(81-38-13-3-14-39-81)64-74-102(107)112(110)103-80-99(118(94-54-27-10-28-55-94,95-56-29-11-30-57-95)96-58-31-12-32-59-96)73-75-106(103)113(108)85-65-69-97(70-66-85)116(88-42-15-4-16-43-88,89-44-17-5-18-45-89)90-46-19-6-20-47-90/h3-80H,1-2H3. The fourth-order valence-electron chi connectivity index (χ4n) is 20.5. The average molecular weight is 1550 g/mol. The lowest BCUT2D eigenvalue weighted by Gasteiger charge is -2.45. The van der Waals surface area contributed by atoms with Gasteiger partial charge in [0, 0.05) is 45.2 Å². The smallest absolute Gasteiger partial charge is 0.252 e. The van der Waals surface area contributed by atoms with Crippen LogP contribution in [0, 0.1) is 0 Å². The van der Waals surface area contributed by atoms with Gasteiger partial charge in [-0.3, -0.25) is 0 Å². The van der Waals surface area contributed by atoms with Crippen LogP contribution >= 0.6 is 0 Å². The van der Waals surface area contributed by atoms with Gasteiger partial charge in [-0.05, 0) is 185 Å². The molecule has 0 amide bonds. The summed E-state index contributed by atoms with van der Waals surface area (Å²) in [4.78, 5) is 7.81. The zero-order valence-electron chi connectivity index (χ0n) is 66.0. The Kier molecular flexibility index (Phi) is 18.1. The predicted molar refractivity (Wildman–Crippen MR) is 509 cm³/mol. The van der Waals surface area contributed by atoms with Gasteiger partial charge in [0.25, 0.3) is 6.71 Å². The summed E-state index contributed by atoms with van der Waals surface area (Å²) in [7, 11) is -9.16. The van der Waals surface area contributed by atoms with Crippen LogP contribution in [0.4, 0.5) is 51.2 Å². The summed E-state index contributed by atoms with van der Waals surface area (Å²) < 4.78 is 0. The van der Waals surface area contributed by atoms with Gasteiger partial charge in [0.05, 0.1) is 11.4 Å². The predicted octanol–water partition coefficient (Wildman–Crippen LogP) is 17.3. The Morgan fingerprint density at radius 3 is 0.873 bits per heavy atom. The second-order valence-electron chi connectivity index (χ2n) is 32.1. The van der Waals surface area contributed by atoms with Crippen LogP contribution in [0.3, 0.4) is 0 Å². The van der Waals surface area contributed by atoms with Crippen molar-refractivity contribution in [2.75, 3.05) is 14.7 Å². The number of hydrogen-bond donors (Lipinski definition) is 0. The zero-order valence-corrected chi connectivity index (χ0v) is 69.0. The van der Waals surface area contributed by atoms with Gasteiger partial charge in [-0.1, -0.05) is 414 Å². The minimum Gasteiger partial charge on any atom is -0.311 e. The number of nitrogens with zero attached hydrogens (tertiary/aromatic N) is 3. The highest BCUT2D eigenvalue weighted by atomic mass is 28.3. The van der Waals surface area contributed by atoms with Crippen LogP contribution in [0.25, 0.3) is 22.3 Å². The topological polar surface area (TPSA) is 9.72 Å². The molecule has 3 aliphatic heterocycles. The summed E-state index contributed by atoms with van der Waals surface area (Å²) in [5.74, 6) is 0. The number of fused-ring (bicyclic) bond motifs is 6. The van der Waals surface area contributed by atoms with Crippen LogP contribution in [0.15, 0.2) is 473 Å². The summed E-state index contributed by atoms with van der Waals surface area (Å²) in [6.07, 6.45) is 0. The fourth-order valence-corrected chi connectivity index (χ4v) is 34.7.